The number of amides is 3. The first kappa shape index (κ1) is 25.5. The van der Waals surface area contributed by atoms with Crippen molar-refractivity contribution in [3.8, 4) is 11.3 Å². The van der Waals surface area contributed by atoms with Crippen LogP contribution in [0.1, 0.15) is 19.8 Å². The second kappa shape index (κ2) is 11.9. The molecule has 1 unspecified atom stereocenters. The zero-order chi connectivity index (χ0) is 26.3. The van der Waals surface area contributed by atoms with E-state index in [1.54, 1.807) is 6.20 Å². The number of piperazine rings is 1. The van der Waals surface area contributed by atoms with Crippen LogP contribution in [-0.4, -0.2) is 72.1 Å². The predicted molar refractivity (Wildman–Crippen MR) is 150 cm³/mol. The maximum absolute atomic E-state index is 12.7. The van der Waals surface area contributed by atoms with E-state index in [9.17, 15) is 9.59 Å². The number of rotatable bonds is 7. The minimum atomic E-state index is -0.228. The normalized spacial score (nSPS) is 17.2. The van der Waals surface area contributed by atoms with Crippen LogP contribution in [0.15, 0.2) is 60.8 Å². The molecule has 2 fully saturated rings. The number of hydrogen-bond acceptors (Lipinski definition) is 7. The lowest BCUT2D eigenvalue weighted by Crippen LogP contribution is -2.53. The van der Waals surface area contributed by atoms with Gasteiger partial charge in [-0.15, -0.1) is 0 Å². The summed E-state index contributed by atoms with van der Waals surface area (Å²) in [7, 11) is 0. The molecule has 0 radical (unpaired) electrons. The first-order chi connectivity index (χ1) is 18.6. The molecule has 10 heteroatoms. The predicted octanol–water partition coefficient (Wildman–Crippen LogP) is 3.43. The van der Waals surface area contributed by atoms with Gasteiger partial charge < -0.3 is 31.1 Å². The summed E-state index contributed by atoms with van der Waals surface area (Å²) in [5, 5.41) is 12.1. The van der Waals surface area contributed by atoms with Gasteiger partial charge in [-0.2, -0.15) is 0 Å². The SMILES string of the molecule is CCNC(=O)Nc1ccc(-c2ccnc(Nc3ccc(N4CCN(C(=O)C5CCCN5)CC4)cc3)n2)cc1. The highest BCUT2D eigenvalue weighted by molar-refractivity contribution is 5.89. The van der Waals surface area contributed by atoms with Crippen LogP contribution >= 0.6 is 0 Å². The monoisotopic (exact) mass is 514 g/mol. The number of hydrogen-bond donors (Lipinski definition) is 4. The summed E-state index contributed by atoms with van der Waals surface area (Å²) in [5.41, 5.74) is 4.45. The summed E-state index contributed by atoms with van der Waals surface area (Å²) >= 11 is 0. The highest BCUT2D eigenvalue weighted by Crippen LogP contribution is 2.24. The van der Waals surface area contributed by atoms with Crippen LogP contribution in [0.3, 0.4) is 0 Å². The molecule has 3 amide bonds. The third kappa shape index (κ3) is 6.20. The van der Waals surface area contributed by atoms with E-state index < -0.39 is 0 Å². The van der Waals surface area contributed by atoms with Crippen LogP contribution < -0.4 is 26.2 Å². The Kier molecular flexibility index (Phi) is 7.98. The fraction of sp³-hybridized carbons (Fsp3) is 0.357. The number of benzene rings is 2. The van der Waals surface area contributed by atoms with E-state index in [4.69, 9.17) is 0 Å². The minimum absolute atomic E-state index is 0.00257. The van der Waals surface area contributed by atoms with Gasteiger partial charge in [0.1, 0.15) is 0 Å². The highest BCUT2D eigenvalue weighted by Gasteiger charge is 2.29. The number of carbonyl (C=O) groups excluding carboxylic acids is 2. The fourth-order valence-corrected chi connectivity index (χ4v) is 4.83. The maximum Gasteiger partial charge on any atom is 0.319 e. The molecule has 38 heavy (non-hydrogen) atoms. The average Bonchev–Trinajstić information content (AvgIpc) is 3.49. The summed E-state index contributed by atoms with van der Waals surface area (Å²) in [4.78, 5) is 37.7. The van der Waals surface area contributed by atoms with E-state index in [1.807, 2.05) is 54.3 Å². The van der Waals surface area contributed by atoms with Crippen molar-refractivity contribution in [2.24, 2.45) is 0 Å². The van der Waals surface area contributed by atoms with Gasteiger partial charge in [-0.25, -0.2) is 14.8 Å². The Morgan fingerprint density at radius 1 is 0.974 bits per heavy atom. The van der Waals surface area contributed by atoms with Crippen molar-refractivity contribution in [3.05, 3.63) is 60.8 Å². The Balaban J connectivity index is 1.16. The minimum Gasteiger partial charge on any atom is -0.368 e. The number of anilines is 4. The second-order valence-electron chi connectivity index (χ2n) is 9.46. The zero-order valence-corrected chi connectivity index (χ0v) is 21.6. The molecular weight excluding hydrogens is 480 g/mol. The molecule has 0 saturated carbocycles. The molecule has 3 aromatic rings. The lowest BCUT2D eigenvalue weighted by Gasteiger charge is -2.37. The molecule has 2 aromatic carbocycles. The van der Waals surface area contributed by atoms with Crippen LogP contribution in [0.4, 0.5) is 27.8 Å². The van der Waals surface area contributed by atoms with Gasteiger partial charge >= 0.3 is 6.03 Å². The maximum atomic E-state index is 12.7. The smallest absolute Gasteiger partial charge is 0.319 e. The third-order valence-electron chi connectivity index (χ3n) is 6.87. The Labute approximate surface area is 222 Å². The van der Waals surface area contributed by atoms with Crippen molar-refractivity contribution in [3.63, 3.8) is 0 Å². The van der Waals surface area contributed by atoms with Gasteiger partial charge in [0.05, 0.1) is 11.7 Å². The third-order valence-corrected chi connectivity index (χ3v) is 6.87. The van der Waals surface area contributed by atoms with Gasteiger partial charge in [0.25, 0.3) is 0 Å². The standard InChI is InChI=1S/C28H34N8O2/c1-2-29-28(38)33-22-7-5-20(6-8-22)24-13-15-31-27(34-24)32-21-9-11-23(12-10-21)35-16-18-36(19-17-35)26(37)25-4-3-14-30-25/h5-13,15,25,30H,2-4,14,16-19H2,1H3,(H2,29,33,38)(H,31,32,34). The quantitative estimate of drug-likeness (QED) is 0.382. The van der Waals surface area contributed by atoms with E-state index in [0.29, 0.717) is 18.2 Å². The number of nitrogens with one attached hydrogen (secondary N) is 4. The summed E-state index contributed by atoms with van der Waals surface area (Å²) < 4.78 is 0. The molecule has 2 aliphatic heterocycles. The Hall–Kier alpha value is -4.18. The van der Waals surface area contributed by atoms with Crippen molar-refractivity contribution >= 4 is 34.9 Å². The first-order valence-corrected chi connectivity index (χ1v) is 13.2. The van der Waals surface area contributed by atoms with Gasteiger partial charge in [0.15, 0.2) is 0 Å². The highest BCUT2D eigenvalue weighted by atomic mass is 16.2. The molecule has 3 heterocycles. The van der Waals surface area contributed by atoms with E-state index in [0.717, 1.165) is 68.2 Å². The Morgan fingerprint density at radius 2 is 1.71 bits per heavy atom. The van der Waals surface area contributed by atoms with Crippen molar-refractivity contribution in [1.82, 2.24) is 25.5 Å². The van der Waals surface area contributed by atoms with Crippen LogP contribution in [-0.2, 0) is 4.79 Å². The van der Waals surface area contributed by atoms with Gasteiger partial charge in [-0.3, -0.25) is 4.79 Å². The fourth-order valence-electron chi connectivity index (χ4n) is 4.83. The summed E-state index contributed by atoms with van der Waals surface area (Å²) in [6, 6.07) is 17.4. The van der Waals surface area contributed by atoms with Gasteiger partial charge in [0, 0.05) is 61.5 Å². The van der Waals surface area contributed by atoms with Crippen LogP contribution in [0.2, 0.25) is 0 Å². The molecule has 1 aromatic heterocycles. The second-order valence-corrected chi connectivity index (χ2v) is 9.46. The molecule has 198 valence electrons. The summed E-state index contributed by atoms with van der Waals surface area (Å²) in [5.74, 6) is 0.753. The summed E-state index contributed by atoms with van der Waals surface area (Å²) in [6.07, 6.45) is 3.75. The molecule has 1 atom stereocenters. The van der Waals surface area contributed by atoms with Crippen LogP contribution in [0.5, 0.6) is 0 Å². The number of carbonyl (C=O) groups is 2. The molecule has 10 nitrogen and oxygen atoms in total. The number of nitrogens with zero attached hydrogens (tertiary/aromatic N) is 4. The zero-order valence-electron chi connectivity index (χ0n) is 21.6. The number of aromatic nitrogens is 2. The van der Waals surface area contributed by atoms with Crippen molar-refractivity contribution in [2.45, 2.75) is 25.8 Å². The lowest BCUT2D eigenvalue weighted by molar-refractivity contribution is -0.133. The first-order valence-electron chi connectivity index (χ1n) is 13.2. The van der Waals surface area contributed by atoms with E-state index in [1.165, 1.54) is 0 Å². The van der Waals surface area contributed by atoms with Crippen LogP contribution in [0, 0.1) is 0 Å². The Morgan fingerprint density at radius 3 is 2.39 bits per heavy atom. The van der Waals surface area contributed by atoms with Gasteiger partial charge in [-0.05, 0) is 68.8 Å². The van der Waals surface area contributed by atoms with Crippen molar-refractivity contribution < 1.29 is 9.59 Å². The van der Waals surface area contributed by atoms with Crippen LogP contribution in [0.25, 0.3) is 11.3 Å². The largest absolute Gasteiger partial charge is 0.368 e. The van der Waals surface area contributed by atoms with E-state index in [-0.39, 0.29) is 18.0 Å². The molecule has 2 aliphatic rings. The lowest BCUT2D eigenvalue weighted by atomic mass is 10.1. The molecule has 2 saturated heterocycles. The molecule has 5 rings (SSSR count). The topological polar surface area (TPSA) is 115 Å². The Bertz CT molecular complexity index is 1230. The number of urea groups is 1. The average molecular weight is 515 g/mol. The molecular formula is C28H34N8O2. The molecule has 4 N–H and O–H groups in total. The van der Waals surface area contributed by atoms with E-state index >= 15 is 0 Å². The van der Waals surface area contributed by atoms with Gasteiger partial charge in [-0.1, -0.05) is 12.1 Å². The summed E-state index contributed by atoms with van der Waals surface area (Å²) in [6.45, 7) is 6.54. The van der Waals surface area contributed by atoms with Crippen molar-refractivity contribution in [2.75, 3.05) is 54.8 Å². The van der Waals surface area contributed by atoms with Gasteiger partial charge in [0.2, 0.25) is 11.9 Å². The molecule has 0 aliphatic carbocycles. The van der Waals surface area contributed by atoms with E-state index in [2.05, 4.69) is 48.3 Å². The van der Waals surface area contributed by atoms with Crippen molar-refractivity contribution in [1.29, 1.82) is 0 Å². The molecule has 0 bridgehead atoms. The molecule has 0 spiro atoms.